The molecular weight excluding hydrogens is 472 g/mol. The predicted octanol–water partition coefficient (Wildman–Crippen LogP) is 2.15. The highest BCUT2D eigenvalue weighted by atomic mass is 32.3. The predicted molar refractivity (Wildman–Crippen MR) is 125 cm³/mol. The van der Waals surface area contributed by atoms with Crippen LogP contribution >= 0.6 is 0 Å². The molecular formula is C21H42N2O10S. The highest BCUT2D eigenvalue weighted by Crippen LogP contribution is 2.17. The van der Waals surface area contributed by atoms with Crippen LogP contribution in [0.15, 0.2) is 0 Å². The van der Waals surface area contributed by atoms with Crippen LogP contribution in [0.25, 0.3) is 0 Å². The molecule has 2 aliphatic rings. The molecule has 0 saturated carbocycles. The van der Waals surface area contributed by atoms with Gasteiger partial charge in [0.05, 0.1) is 33.0 Å². The van der Waals surface area contributed by atoms with Gasteiger partial charge in [0.15, 0.2) is 0 Å². The van der Waals surface area contributed by atoms with Gasteiger partial charge in [0.1, 0.15) is 11.2 Å². The third-order valence-corrected chi connectivity index (χ3v) is 5.17. The summed E-state index contributed by atoms with van der Waals surface area (Å²) >= 11 is 0. The number of rotatable bonds is 3. The Morgan fingerprint density at radius 1 is 0.794 bits per heavy atom. The number of ether oxygens (including phenoxy) is 3. The summed E-state index contributed by atoms with van der Waals surface area (Å²) in [5, 5.41) is 9.20. The van der Waals surface area contributed by atoms with Crippen molar-refractivity contribution in [2.75, 3.05) is 47.5 Å². The molecule has 2 saturated heterocycles. The maximum Gasteiger partial charge on any atom is 0.410 e. The van der Waals surface area contributed by atoms with Crippen LogP contribution in [-0.2, 0) is 33.0 Å². The van der Waals surface area contributed by atoms with E-state index in [9.17, 15) is 23.1 Å². The Kier molecular flexibility index (Phi) is 13.3. The van der Waals surface area contributed by atoms with Gasteiger partial charge in [0, 0.05) is 26.7 Å². The lowest BCUT2D eigenvalue weighted by Crippen LogP contribution is -2.35. The second-order valence-electron chi connectivity index (χ2n) is 9.68. The molecule has 12 nitrogen and oxygen atoms in total. The normalized spacial score (nSPS) is 20.6. The van der Waals surface area contributed by atoms with Crippen molar-refractivity contribution in [1.82, 2.24) is 9.80 Å². The number of likely N-dealkylation sites (tertiary alicyclic amines) is 2. The lowest BCUT2D eigenvalue weighted by atomic mass is 10.2. The largest absolute Gasteiger partial charge is 0.444 e. The van der Waals surface area contributed by atoms with Crippen LogP contribution in [0.1, 0.15) is 54.4 Å². The lowest BCUT2D eigenvalue weighted by Gasteiger charge is -2.24. The van der Waals surface area contributed by atoms with Gasteiger partial charge >= 0.3 is 22.6 Å². The summed E-state index contributed by atoms with van der Waals surface area (Å²) in [6, 6.07) is 0. The fourth-order valence-corrected chi connectivity index (χ4v) is 2.85. The SMILES string of the molecule is CC(C)(C)OC(=O)N1CC[C@H](O)C1.COS(=O)(=O)OC.CO[C@H]1CCN(C(=O)OC(C)(C)C)C1. The highest BCUT2D eigenvalue weighted by molar-refractivity contribution is 7.81. The van der Waals surface area contributed by atoms with Gasteiger partial charge in [-0.05, 0) is 54.4 Å². The minimum atomic E-state index is -3.66. The van der Waals surface area contributed by atoms with E-state index in [1.807, 2.05) is 41.5 Å². The van der Waals surface area contributed by atoms with Crippen molar-refractivity contribution in [3.63, 3.8) is 0 Å². The zero-order chi connectivity index (χ0) is 26.7. The Hall–Kier alpha value is -1.67. The van der Waals surface area contributed by atoms with E-state index in [1.54, 1.807) is 12.0 Å². The molecule has 1 N–H and O–H groups in total. The third-order valence-electron chi connectivity index (χ3n) is 4.35. The average molecular weight is 515 g/mol. The fourth-order valence-electron chi connectivity index (χ4n) is 2.72. The highest BCUT2D eigenvalue weighted by Gasteiger charge is 2.30. The Labute approximate surface area is 203 Å². The minimum absolute atomic E-state index is 0.169. The molecule has 2 heterocycles. The van der Waals surface area contributed by atoms with E-state index < -0.39 is 21.6 Å². The van der Waals surface area contributed by atoms with Gasteiger partial charge < -0.3 is 29.1 Å². The van der Waals surface area contributed by atoms with Crippen molar-refractivity contribution >= 4 is 22.6 Å². The number of nitrogens with zero attached hydrogens (tertiary/aromatic N) is 2. The van der Waals surface area contributed by atoms with Crippen LogP contribution in [0, 0.1) is 0 Å². The number of hydrogen-bond acceptors (Lipinski definition) is 10. The van der Waals surface area contributed by atoms with Gasteiger partial charge in [-0.3, -0.25) is 8.37 Å². The standard InChI is InChI=1S/C10H19NO3.C9H17NO3.C2H6O4S/c1-10(2,3)14-9(12)11-6-5-8(7-11)13-4;1-9(2,3)13-8(12)10-5-4-7(11)6-10;1-5-7(3,4)6-2/h8H,5-7H2,1-4H3;7,11H,4-6H2,1-3H3;1-2H3/t8-;7-;/m00./s1. The van der Waals surface area contributed by atoms with E-state index in [2.05, 4.69) is 8.37 Å². The number of carbonyl (C=O) groups is 2. The molecule has 2 atom stereocenters. The molecule has 0 aromatic rings. The first kappa shape index (κ1) is 32.3. The van der Waals surface area contributed by atoms with Gasteiger partial charge in [-0.1, -0.05) is 0 Å². The minimum Gasteiger partial charge on any atom is -0.444 e. The fraction of sp³-hybridized carbons (Fsp3) is 0.905. The van der Waals surface area contributed by atoms with E-state index in [0.29, 0.717) is 26.1 Å². The van der Waals surface area contributed by atoms with Crippen molar-refractivity contribution in [3.8, 4) is 0 Å². The Morgan fingerprint density at radius 3 is 1.47 bits per heavy atom. The van der Waals surface area contributed by atoms with Gasteiger partial charge in [-0.2, -0.15) is 8.42 Å². The number of aliphatic hydroxyl groups is 1. The van der Waals surface area contributed by atoms with Crippen molar-refractivity contribution in [2.24, 2.45) is 0 Å². The van der Waals surface area contributed by atoms with Crippen LogP contribution in [0.3, 0.4) is 0 Å². The van der Waals surface area contributed by atoms with Crippen molar-refractivity contribution in [1.29, 1.82) is 0 Å². The van der Waals surface area contributed by atoms with E-state index >= 15 is 0 Å². The molecule has 0 bridgehead atoms. The molecule has 0 unspecified atom stereocenters. The number of amides is 2. The van der Waals surface area contributed by atoms with Gasteiger partial charge in [0.2, 0.25) is 0 Å². The van der Waals surface area contributed by atoms with E-state index in [4.69, 9.17) is 14.2 Å². The summed E-state index contributed by atoms with van der Waals surface area (Å²) in [4.78, 5) is 26.2. The summed E-state index contributed by atoms with van der Waals surface area (Å²) in [6.07, 6.45) is 0.769. The van der Waals surface area contributed by atoms with Crippen molar-refractivity contribution in [3.05, 3.63) is 0 Å². The van der Waals surface area contributed by atoms with Crippen LogP contribution < -0.4 is 0 Å². The molecule has 0 spiro atoms. The molecule has 13 heteroatoms. The Bertz CT molecular complexity index is 721. The molecule has 2 amide bonds. The van der Waals surface area contributed by atoms with E-state index in [-0.39, 0.29) is 24.4 Å². The van der Waals surface area contributed by atoms with Gasteiger partial charge in [-0.15, -0.1) is 0 Å². The molecule has 0 aromatic heterocycles. The molecule has 0 aliphatic carbocycles. The number of methoxy groups -OCH3 is 1. The molecule has 2 rings (SSSR count). The number of aliphatic hydroxyl groups excluding tert-OH is 1. The molecule has 202 valence electrons. The van der Waals surface area contributed by atoms with Crippen molar-refractivity contribution < 1.29 is 45.7 Å². The number of hydrogen-bond donors (Lipinski definition) is 1. The monoisotopic (exact) mass is 514 g/mol. The molecule has 34 heavy (non-hydrogen) atoms. The third kappa shape index (κ3) is 14.6. The van der Waals surface area contributed by atoms with Crippen LogP contribution in [0.2, 0.25) is 0 Å². The zero-order valence-corrected chi connectivity index (χ0v) is 22.6. The second-order valence-corrected chi connectivity index (χ2v) is 11.2. The molecule has 0 radical (unpaired) electrons. The van der Waals surface area contributed by atoms with Crippen molar-refractivity contribution in [2.45, 2.75) is 77.8 Å². The average Bonchev–Trinajstić information content (AvgIpc) is 3.35. The molecule has 2 aliphatic heterocycles. The maximum atomic E-state index is 11.6. The first-order chi connectivity index (χ1) is 15.4. The molecule has 2 fully saturated rings. The smallest absolute Gasteiger partial charge is 0.410 e. The topological polar surface area (TPSA) is 141 Å². The first-order valence-electron chi connectivity index (χ1n) is 11.0. The number of β-amino-alcohol motifs (C(OH)–C–C–N with tert-alkyl or cyclic N) is 1. The zero-order valence-electron chi connectivity index (χ0n) is 21.8. The Morgan fingerprint density at radius 2 is 1.21 bits per heavy atom. The van der Waals surface area contributed by atoms with Crippen LogP contribution in [0.5, 0.6) is 0 Å². The van der Waals surface area contributed by atoms with Gasteiger partial charge in [0.25, 0.3) is 0 Å². The van der Waals surface area contributed by atoms with Crippen LogP contribution in [-0.4, -0.2) is 106 Å². The quantitative estimate of drug-likeness (QED) is 0.595. The molecule has 0 aromatic carbocycles. The maximum absolute atomic E-state index is 11.6. The summed E-state index contributed by atoms with van der Waals surface area (Å²) in [6.45, 7) is 13.5. The summed E-state index contributed by atoms with van der Waals surface area (Å²) in [5.41, 5.74) is -0.868. The second kappa shape index (κ2) is 14.0. The van der Waals surface area contributed by atoms with E-state index in [0.717, 1.165) is 27.2 Å². The van der Waals surface area contributed by atoms with Crippen LogP contribution in [0.4, 0.5) is 9.59 Å². The summed E-state index contributed by atoms with van der Waals surface area (Å²) < 4.78 is 43.1. The first-order valence-corrected chi connectivity index (χ1v) is 12.3. The number of carbonyl (C=O) groups excluding carboxylic acids is 2. The summed E-state index contributed by atoms with van der Waals surface area (Å²) in [7, 11) is 0.0657. The van der Waals surface area contributed by atoms with Gasteiger partial charge in [-0.25, -0.2) is 9.59 Å². The Balaban J connectivity index is 0.000000509. The van der Waals surface area contributed by atoms with E-state index in [1.165, 1.54) is 4.90 Å². The summed E-state index contributed by atoms with van der Waals surface area (Å²) in [5.74, 6) is 0. The lowest BCUT2D eigenvalue weighted by molar-refractivity contribution is 0.0249.